The van der Waals surface area contributed by atoms with Crippen LogP contribution in [0.5, 0.6) is 0 Å². The van der Waals surface area contributed by atoms with Gasteiger partial charge in [0.15, 0.2) is 0 Å². The van der Waals surface area contributed by atoms with Crippen molar-refractivity contribution in [3.05, 3.63) is 62.5 Å². The molecule has 0 unspecified atom stereocenters. The Kier molecular flexibility index (Phi) is 3.34. The van der Waals surface area contributed by atoms with Crippen molar-refractivity contribution in [2.45, 2.75) is 39.2 Å². The molecule has 0 aliphatic heterocycles. The van der Waals surface area contributed by atoms with Crippen LogP contribution in [-0.4, -0.2) is 9.55 Å². The lowest BCUT2D eigenvalue weighted by atomic mass is 9.97. The number of nitrogens with zero attached hydrogens (tertiary/aromatic N) is 2. The van der Waals surface area contributed by atoms with Gasteiger partial charge >= 0.3 is 0 Å². The van der Waals surface area contributed by atoms with Crippen molar-refractivity contribution in [1.29, 1.82) is 0 Å². The summed E-state index contributed by atoms with van der Waals surface area (Å²) >= 11 is 1.71. The molecule has 0 amide bonds. The zero-order valence-electron chi connectivity index (χ0n) is 12.6. The predicted octanol–water partition coefficient (Wildman–Crippen LogP) is 3.69. The van der Waals surface area contributed by atoms with E-state index in [0.717, 1.165) is 28.6 Å². The van der Waals surface area contributed by atoms with Crippen LogP contribution in [0.25, 0.3) is 10.2 Å². The van der Waals surface area contributed by atoms with Crippen molar-refractivity contribution in [3.8, 4) is 0 Å². The Bertz CT molecular complexity index is 890. The van der Waals surface area contributed by atoms with Gasteiger partial charge in [-0.25, -0.2) is 4.98 Å². The lowest BCUT2D eigenvalue weighted by Gasteiger charge is -2.10. The molecule has 2 aromatic heterocycles. The summed E-state index contributed by atoms with van der Waals surface area (Å²) in [5, 5.41) is 0.870. The first-order valence-corrected chi connectivity index (χ1v) is 8.59. The van der Waals surface area contributed by atoms with E-state index in [4.69, 9.17) is 0 Å². The van der Waals surface area contributed by atoms with Crippen LogP contribution in [0.2, 0.25) is 0 Å². The monoisotopic (exact) mass is 310 g/mol. The molecule has 22 heavy (non-hydrogen) atoms. The van der Waals surface area contributed by atoms with Gasteiger partial charge in [-0.3, -0.25) is 9.36 Å². The first kappa shape index (κ1) is 13.7. The normalized spacial score (nSPS) is 14.2. The highest BCUT2D eigenvalue weighted by Gasteiger charge is 2.19. The van der Waals surface area contributed by atoms with Gasteiger partial charge in [0.25, 0.3) is 5.56 Å². The third-order valence-electron chi connectivity index (χ3n) is 4.42. The first-order valence-electron chi connectivity index (χ1n) is 7.77. The lowest BCUT2D eigenvalue weighted by Crippen LogP contribution is -2.21. The fraction of sp³-hybridized carbons (Fsp3) is 0.333. The third-order valence-corrected chi connectivity index (χ3v) is 5.62. The molecule has 3 aromatic rings. The summed E-state index contributed by atoms with van der Waals surface area (Å²) in [6.45, 7) is 2.66. The van der Waals surface area contributed by atoms with Crippen molar-refractivity contribution in [1.82, 2.24) is 9.55 Å². The van der Waals surface area contributed by atoms with Gasteiger partial charge in [0, 0.05) is 4.88 Å². The van der Waals surface area contributed by atoms with Crippen LogP contribution < -0.4 is 5.56 Å². The summed E-state index contributed by atoms with van der Waals surface area (Å²) in [7, 11) is 0. The molecule has 112 valence electrons. The summed E-state index contributed by atoms with van der Waals surface area (Å²) in [5.41, 5.74) is 3.75. The summed E-state index contributed by atoms with van der Waals surface area (Å²) in [6, 6.07) is 8.32. The van der Waals surface area contributed by atoms with Gasteiger partial charge in [-0.15, -0.1) is 11.3 Å². The molecule has 4 rings (SSSR count). The van der Waals surface area contributed by atoms with Crippen LogP contribution in [0.1, 0.15) is 34.4 Å². The number of rotatable bonds is 2. The van der Waals surface area contributed by atoms with Crippen LogP contribution >= 0.6 is 11.3 Å². The fourth-order valence-electron chi connectivity index (χ4n) is 3.18. The molecule has 0 fully saturated rings. The summed E-state index contributed by atoms with van der Waals surface area (Å²) in [6.07, 6.45) is 6.25. The summed E-state index contributed by atoms with van der Waals surface area (Å²) in [5.74, 6) is 0. The Labute approximate surface area is 133 Å². The Hall–Kier alpha value is -1.94. The second-order valence-electron chi connectivity index (χ2n) is 6.05. The van der Waals surface area contributed by atoms with E-state index in [9.17, 15) is 4.79 Å². The van der Waals surface area contributed by atoms with E-state index >= 15 is 0 Å². The van der Waals surface area contributed by atoms with Gasteiger partial charge in [-0.05, 0) is 43.7 Å². The van der Waals surface area contributed by atoms with Crippen molar-refractivity contribution < 1.29 is 0 Å². The number of fused-ring (bicyclic) bond motifs is 3. The molecule has 0 atom stereocenters. The largest absolute Gasteiger partial charge is 0.294 e. The van der Waals surface area contributed by atoms with Gasteiger partial charge in [-0.1, -0.05) is 29.8 Å². The topological polar surface area (TPSA) is 34.9 Å². The number of thiophene rings is 1. The van der Waals surface area contributed by atoms with E-state index in [1.807, 2.05) is 0 Å². The minimum Gasteiger partial charge on any atom is -0.294 e. The highest BCUT2D eigenvalue weighted by molar-refractivity contribution is 7.18. The molecule has 0 radical (unpaired) electrons. The van der Waals surface area contributed by atoms with Gasteiger partial charge in [0.05, 0.1) is 18.3 Å². The minimum absolute atomic E-state index is 0.116. The molecule has 1 aromatic carbocycles. The van der Waals surface area contributed by atoms with E-state index in [1.165, 1.54) is 28.8 Å². The lowest BCUT2D eigenvalue weighted by molar-refractivity contribution is 0.697. The van der Waals surface area contributed by atoms with Gasteiger partial charge in [-0.2, -0.15) is 0 Å². The number of aryl methyl sites for hydroxylation is 3. The second kappa shape index (κ2) is 5.36. The van der Waals surface area contributed by atoms with Crippen LogP contribution in [0.15, 0.2) is 35.4 Å². The average molecular weight is 310 g/mol. The van der Waals surface area contributed by atoms with E-state index in [2.05, 4.69) is 36.2 Å². The highest BCUT2D eigenvalue weighted by atomic mass is 32.1. The molecule has 0 spiro atoms. The summed E-state index contributed by atoms with van der Waals surface area (Å²) < 4.78 is 1.74. The minimum atomic E-state index is 0.116. The predicted molar refractivity (Wildman–Crippen MR) is 90.8 cm³/mol. The Morgan fingerprint density at radius 2 is 1.95 bits per heavy atom. The molecule has 3 nitrogen and oxygen atoms in total. The second-order valence-corrected chi connectivity index (χ2v) is 7.14. The van der Waals surface area contributed by atoms with Gasteiger partial charge in [0.1, 0.15) is 4.83 Å². The highest BCUT2D eigenvalue weighted by Crippen LogP contribution is 2.33. The third kappa shape index (κ3) is 2.28. The molecule has 1 aliphatic carbocycles. The van der Waals surface area contributed by atoms with Gasteiger partial charge in [0.2, 0.25) is 0 Å². The molecular weight excluding hydrogens is 292 g/mol. The molecule has 0 N–H and O–H groups in total. The Morgan fingerprint density at radius 3 is 2.77 bits per heavy atom. The van der Waals surface area contributed by atoms with E-state index in [1.54, 1.807) is 22.2 Å². The Balaban J connectivity index is 1.80. The molecule has 0 bridgehead atoms. The number of aromatic nitrogens is 2. The van der Waals surface area contributed by atoms with Crippen molar-refractivity contribution in [2.75, 3.05) is 0 Å². The number of hydrogen-bond donors (Lipinski definition) is 0. The SMILES string of the molecule is Cc1ccc(Cn2cnc3sc4c(c3c2=O)CCCC4)cc1. The van der Waals surface area contributed by atoms with E-state index in [-0.39, 0.29) is 5.56 Å². The number of benzene rings is 1. The zero-order chi connectivity index (χ0) is 15.1. The van der Waals surface area contributed by atoms with Crippen LogP contribution in [0.4, 0.5) is 0 Å². The van der Waals surface area contributed by atoms with Crippen molar-refractivity contribution in [3.63, 3.8) is 0 Å². The molecule has 2 heterocycles. The number of hydrogen-bond acceptors (Lipinski definition) is 3. The molecule has 1 aliphatic rings. The van der Waals surface area contributed by atoms with Crippen molar-refractivity contribution >= 4 is 21.6 Å². The van der Waals surface area contributed by atoms with Crippen LogP contribution in [0, 0.1) is 6.92 Å². The van der Waals surface area contributed by atoms with Crippen LogP contribution in [-0.2, 0) is 19.4 Å². The van der Waals surface area contributed by atoms with E-state index < -0.39 is 0 Å². The first-order chi connectivity index (χ1) is 10.7. The molecular formula is C18H18N2OS. The maximum absolute atomic E-state index is 12.9. The van der Waals surface area contributed by atoms with Crippen LogP contribution in [0.3, 0.4) is 0 Å². The molecule has 0 saturated carbocycles. The fourth-order valence-corrected chi connectivity index (χ4v) is 4.40. The quantitative estimate of drug-likeness (QED) is 0.723. The van der Waals surface area contributed by atoms with E-state index in [0.29, 0.717) is 6.54 Å². The molecule has 0 saturated heterocycles. The molecule has 4 heteroatoms. The standard InChI is InChI=1S/C18H18N2OS/c1-12-6-8-13(9-7-12)10-20-11-19-17-16(18(20)21)14-4-2-3-5-15(14)22-17/h6-9,11H,2-5,10H2,1H3. The Morgan fingerprint density at radius 1 is 1.18 bits per heavy atom. The average Bonchev–Trinajstić information content (AvgIpc) is 2.91. The summed E-state index contributed by atoms with van der Waals surface area (Å²) in [4.78, 5) is 19.7. The van der Waals surface area contributed by atoms with Crippen molar-refractivity contribution in [2.24, 2.45) is 0 Å². The maximum Gasteiger partial charge on any atom is 0.262 e. The maximum atomic E-state index is 12.9. The zero-order valence-corrected chi connectivity index (χ0v) is 13.4. The van der Waals surface area contributed by atoms with Gasteiger partial charge < -0.3 is 0 Å². The smallest absolute Gasteiger partial charge is 0.262 e.